The van der Waals surface area contributed by atoms with E-state index in [2.05, 4.69) is 47.3 Å². The van der Waals surface area contributed by atoms with Crippen LogP contribution in [0.4, 0.5) is 5.69 Å². The second kappa shape index (κ2) is 4.78. The van der Waals surface area contributed by atoms with E-state index in [4.69, 9.17) is 0 Å². The van der Waals surface area contributed by atoms with Gasteiger partial charge in [0.05, 0.1) is 12.2 Å². The fourth-order valence-electron chi connectivity index (χ4n) is 1.70. The Morgan fingerprint density at radius 3 is 2.80 bits per heavy atom. The summed E-state index contributed by atoms with van der Waals surface area (Å²) < 4.78 is 0. The molecular formula is C13H16N2. The van der Waals surface area contributed by atoms with E-state index in [1.807, 2.05) is 12.3 Å². The van der Waals surface area contributed by atoms with Crippen LogP contribution in [0, 0.1) is 0 Å². The molecule has 0 unspecified atom stereocenters. The first kappa shape index (κ1) is 9.97. The number of rotatable bonds is 3. The van der Waals surface area contributed by atoms with Crippen LogP contribution in [-0.2, 0) is 0 Å². The van der Waals surface area contributed by atoms with Gasteiger partial charge < -0.3 is 4.90 Å². The van der Waals surface area contributed by atoms with Crippen LogP contribution in [0.5, 0.6) is 0 Å². The monoisotopic (exact) mass is 200 g/mol. The molecule has 0 spiro atoms. The maximum atomic E-state index is 4.39. The molecule has 78 valence electrons. The molecular weight excluding hydrogens is 184 g/mol. The maximum absolute atomic E-state index is 4.39. The predicted octanol–water partition coefficient (Wildman–Crippen LogP) is 3.22. The zero-order valence-corrected chi connectivity index (χ0v) is 9.06. The van der Waals surface area contributed by atoms with E-state index < -0.39 is 0 Å². The van der Waals surface area contributed by atoms with Crippen LogP contribution in [0.3, 0.4) is 0 Å². The Balaban J connectivity index is 2.15. The molecule has 1 heterocycles. The zero-order valence-electron chi connectivity index (χ0n) is 9.06. The maximum Gasteiger partial charge on any atom is 0.0579 e. The number of hydrogen-bond donors (Lipinski definition) is 0. The highest BCUT2D eigenvalue weighted by Gasteiger charge is 2.06. The molecule has 0 saturated carbocycles. The van der Waals surface area contributed by atoms with E-state index >= 15 is 0 Å². The third-order valence-electron chi connectivity index (χ3n) is 2.43. The summed E-state index contributed by atoms with van der Waals surface area (Å²) in [5.74, 6) is 0. The number of hydrogen-bond acceptors (Lipinski definition) is 2. The fraction of sp³-hybridized carbons (Fsp3) is 0.308. The van der Waals surface area contributed by atoms with Gasteiger partial charge in [0.2, 0.25) is 0 Å². The molecule has 0 amide bonds. The molecule has 0 atom stereocenters. The highest BCUT2D eigenvalue weighted by molar-refractivity contribution is 5.70. The highest BCUT2D eigenvalue weighted by Crippen LogP contribution is 2.18. The van der Waals surface area contributed by atoms with Gasteiger partial charge in [-0.3, -0.25) is 4.99 Å². The van der Waals surface area contributed by atoms with Crippen molar-refractivity contribution in [2.45, 2.75) is 19.8 Å². The van der Waals surface area contributed by atoms with Crippen molar-refractivity contribution in [3.05, 3.63) is 42.2 Å². The fourth-order valence-corrected chi connectivity index (χ4v) is 1.70. The summed E-state index contributed by atoms with van der Waals surface area (Å²) in [4.78, 5) is 6.62. The Morgan fingerprint density at radius 2 is 2.07 bits per heavy atom. The van der Waals surface area contributed by atoms with Gasteiger partial charge in [0, 0.05) is 18.1 Å². The molecule has 0 bridgehead atoms. The average Bonchev–Trinajstić information content (AvgIpc) is 2.31. The molecule has 0 aromatic heterocycles. The van der Waals surface area contributed by atoms with Crippen molar-refractivity contribution in [2.75, 3.05) is 11.4 Å². The van der Waals surface area contributed by atoms with Crippen LogP contribution in [0.2, 0.25) is 0 Å². The van der Waals surface area contributed by atoms with Gasteiger partial charge in [-0.25, -0.2) is 0 Å². The van der Waals surface area contributed by atoms with E-state index in [0.29, 0.717) is 0 Å². The third-order valence-corrected chi connectivity index (χ3v) is 2.43. The van der Waals surface area contributed by atoms with Gasteiger partial charge in [-0.2, -0.15) is 0 Å². The first-order chi connectivity index (χ1) is 7.40. The van der Waals surface area contributed by atoms with Crippen LogP contribution in [0.15, 0.2) is 47.2 Å². The van der Waals surface area contributed by atoms with Crippen molar-refractivity contribution in [2.24, 2.45) is 4.99 Å². The number of aliphatic imine (C=N–C) groups is 1. The number of nitrogens with zero attached hydrogens (tertiary/aromatic N) is 2. The van der Waals surface area contributed by atoms with Crippen molar-refractivity contribution >= 4 is 11.9 Å². The van der Waals surface area contributed by atoms with Gasteiger partial charge in [-0.05, 0) is 18.6 Å². The van der Waals surface area contributed by atoms with Crippen molar-refractivity contribution in [3.8, 4) is 0 Å². The minimum absolute atomic E-state index is 0.872. The average molecular weight is 200 g/mol. The zero-order chi connectivity index (χ0) is 10.5. The van der Waals surface area contributed by atoms with Crippen molar-refractivity contribution in [3.63, 3.8) is 0 Å². The Labute approximate surface area is 90.9 Å². The molecule has 2 nitrogen and oxygen atoms in total. The van der Waals surface area contributed by atoms with Gasteiger partial charge in [-0.1, -0.05) is 31.5 Å². The lowest BCUT2D eigenvalue weighted by Crippen LogP contribution is -2.21. The lowest BCUT2D eigenvalue weighted by molar-refractivity contribution is 0.873. The lowest BCUT2D eigenvalue weighted by atomic mass is 10.2. The standard InChI is InChI=1S/C13H16N2/c1-2-6-12-11-15(10-9-14-12)13-7-4-3-5-8-13/h3-5,7-9,11H,2,6,10H2,1H3. The van der Waals surface area contributed by atoms with Gasteiger partial charge in [0.1, 0.15) is 0 Å². The van der Waals surface area contributed by atoms with Crippen LogP contribution in [-0.4, -0.2) is 12.8 Å². The summed E-state index contributed by atoms with van der Waals surface area (Å²) in [5, 5.41) is 0. The minimum atomic E-state index is 0.872. The normalized spacial score (nSPS) is 15.3. The van der Waals surface area contributed by atoms with Gasteiger partial charge in [0.15, 0.2) is 0 Å². The van der Waals surface area contributed by atoms with E-state index in [1.54, 1.807) is 0 Å². The van der Waals surface area contributed by atoms with Crippen LogP contribution in [0.1, 0.15) is 19.8 Å². The summed E-state index contributed by atoms with van der Waals surface area (Å²) >= 11 is 0. The number of anilines is 1. The van der Waals surface area contributed by atoms with Gasteiger partial charge in [-0.15, -0.1) is 0 Å². The molecule has 1 aromatic rings. The number of allylic oxidation sites excluding steroid dienone is 1. The third kappa shape index (κ3) is 2.46. The predicted molar refractivity (Wildman–Crippen MR) is 65.3 cm³/mol. The SMILES string of the molecule is CCCC1=CN(c2ccccc2)CC=N1. The Hall–Kier alpha value is -1.57. The molecule has 1 aromatic carbocycles. The molecule has 0 fully saturated rings. The second-order valence-electron chi connectivity index (χ2n) is 3.67. The van der Waals surface area contributed by atoms with Crippen LogP contribution >= 0.6 is 0 Å². The summed E-state index contributed by atoms with van der Waals surface area (Å²) in [6.07, 6.45) is 6.34. The molecule has 15 heavy (non-hydrogen) atoms. The minimum Gasteiger partial charge on any atom is -0.341 e. The number of benzene rings is 1. The summed E-state index contributed by atoms with van der Waals surface area (Å²) in [5.41, 5.74) is 2.41. The quantitative estimate of drug-likeness (QED) is 0.731. The van der Waals surface area contributed by atoms with Crippen LogP contribution < -0.4 is 4.90 Å². The molecule has 0 radical (unpaired) electrons. The molecule has 1 aliphatic heterocycles. The first-order valence-corrected chi connectivity index (χ1v) is 5.45. The summed E-state index contributed by atoms with van der Waals surface area (Å²) in [7, 11) is 0. The summed E-state index contributed by atoms with van der Waals surface area (Å²) in [6, 6.07) is 10.4. The van der Waals surface area contributed by atoms with Crippen molar-refractivity contribution in [1.82, 2.24) is 0 Å². The van der Waals surface area contributed by atoms with Gasteiger partial charge in [0.25, 0.3) is 0 Å². The smallest absolute Gasteiger partial charge is 0.0579 e. The molecule has 0 N–H and O–H groups in total. The van der Waals surface area contributed by atoms with Crippen molar-refractivity contribution in [1.29, 1.82) is 0 Å². The Morgan fingerprint density at radius 1 is 1.27 bits per heavy atom. The molecule has 2 rings (SSSR count). The largest absolute Gasteiger partial charge is 0.341 e. The Kier molecular flexibility index (Phi) is 3.18. The topological polar surface area (TPSA) is 15.6 Å². The molecule has 1 aliphatic rings. The lowest BCUT2D eigenvalue weighted by Gasteiger charge is -2.22. The Bertz CT molecular complexity index is 365. The molecule has 0 aliphatic carbocycles. The van der Waals surface area contributed by atoms with Crippen LogP contribution in [0.25, 0.3) is 0 Å². The van der Waals surface area contributed by atoms with E-state index in [-0.39, 0.29) is 0 Å². The van der Waals surface area contributed by atoms with Crippen molar-refractivity contribution < 1.29 is 0 Å². The van der Waals surface area contributed by atoms with Gasteiger partial charge >= 0.3 is 0 Å². The summed E-state index contributed by atoms with van der Waals surface area (Å²) in [6.45, 7) is 3.05. The molecule has 2 heteroatoms. The van der Waals surface area contributed by atoms with E-state index in [1.165, 1.54) is 11.4 Å². The first-order valence-electron chi connectivity index (χ1n) is 5.45. The highest BCUT2D eigenvalue weighted by atomic mass is 15.1. The molecule has 0 saturated heterocycles. The second-order valence-corrected chi connectivity index (χ2v) is 3.67. The van der Waals surface area contributed by atoms with E-state index in [0.717, 1.165) is 19.4 Å². The number of para-hydroxylation sites is 1. The van der Waals surface area contributed by atoms with E-state index in [9.17, 15) is 0 Å².